The van der Waals surface area contributed by atoms with E-state index in [1.54, 1.807) is 0 Å². The van der Waals surface area contributed by atoms with Crippen LogP contribution in [0, 0.1) is 0 Å². The van der Waals surface area contributed by atoms with E-state index in [2.05, 4.69) is 345 Å². The largest absolute Gasteiger partial charge is 0.458 e. The topological polar surface area (TPSA) is 30.4 Å². The highest BCUT2D eigenvalue weighted by atomic mass is 16.5. The van der Waals surface area contributed by atoms with Crippen molar-refractivity contribution in [3.8, 4) is 17.2 Å². The molecule has 1 aromatic heterocycles. The van der Waals surface area contributed by atoms with E-state index in [0.717, 1.165) is 119 Å². The molecular weight excluding hydrogens is 1030 g/mol. The van der Waals surface area contributed by atoms with Crippen LogP contribution in [0.15, 0.2) is 315 Å². The lowest BCUT2D eigenvalue weighted by Gasteiger charge is -2.45. The van der Waals surface area contributed by atoms with Gasteiger partial charge in [0.25, 0.3) is 13.4 Å². The summed E-state index contributed by atoms with van der Waals surface area (Å²) in [5.74, 6) is 1.66. The van der Waals surface area contributed by atoms with Gasteiger partial charge in [-0.3, -0.25) is 0 Å². The number of hydrogen-bond donors (Lipinski definition) is 0. The van der Waals surface area contributed by atoms with Crippen LogP contribution in [0.2, 0.25) is 0 Å². The highest BCUT2D eigenvalue weighted by molar-refractivity contribution is 7.03. The molecule has 4 aliphatic rings. The van der Waals surface area contributed by atoms with Crippen molar-refractivity contribution < 1.29 is 4.74 Å². The first kappa shape index (κ1) is 48.5. The average Bonchev–Trinajstić information content (AvgIpc) is 1.60. The summed E-state index contributed by atoms with van der Waals surface area (Å²) < 4.78 is 10.0. The summed E-state index contributed by atoms with van der Waals surface area (Å²) in [6.45, 7) is -0.552. The second-order valence-electron chi connectivity index (χ2n) is 22.0. The summed E-state index contributed by atoms with van der Waals surface area (Å²) in [6.07, 6.45) is 0. The summed E-state index contributed by atoms with van der Waals surface area (Å²) in [5.41, 5.74) is 24.1. The van der Waals surface area contributed by atoms with Gasteiger partial charge in [0, 0.05) is 85.5 Å². The minimum Gasteiger partial charge on any atom is -0.458 e. The van der Waals surface area contributed by atoms with Crippen molar-refractivity contribution in [3.63, 3.8) is 0 Å². The third-order valence-corrected chi connectivity index (χ3v) is 17.3. The second-order valence-corrected chi connectivity index (χ2v) is 22.0. The first-order chi connectivity index (χ1) is 42.2. The van der Waals surface area contributed by atoms with Crippen molar-refractivity contribution in [3.05, 3.63) is 315 Å². The maximum atomic E-state index is 7.37. The molecule has 12 aromatic carbocycles. The van der Waals surface area contributed by atoms with E-state index in [0.29, 0.717) is 0 Å². The highest BCUT2D eigenvalue weighted by Crippen LogP contribution is 2.54. The van der Waals surface area contributed by atoms with Gasteiger partial charge in [-0.25, -0.2) is 0 Å². The SMILES string of the molecule is c1ccc(N(c2ccccc2)c2cc3c4c(c2)N(c2ccccc2)c2c5c(n(-c6ccccc6)c2B4c2ccccc2O3)B2c3ccccc3N(c3ccccc3)c3cc(N(c4ccccc4)c4ccccc4)cc(c32)N5c2ccccc2)cc1. The van der Waals surface area contributed by atoms with E-state index in [1.807, 2.05) is 0 Å². The Hall–Kier alpha value is -11.2. The van der Waals surface area contributed by atoms with Crippen LogP contribution in [-0.4, -0.2) is 18.0 Å². The molecule has 0 saturated heterocycles. The lowest BCUT2D eigenvalue weighted by molar-refractivity contribution is 0.487. The smallest absolute Gasteiger partial charge is 0.277 e. The molecule has 9 heteroatoms. The number of benzene rings is 12. The van der Waals surface area contributed by atoms with Crippen LogP contribution in [0.25, 0.3) is 5.69 Å². The zero-order valence-corrected chi connectivity index (χ0v) is 46.3. The third kappa shape index (κ3) is 7.64. The fourth-order valence-electron chi connectivity index (χ4n) is 14.0. The molecule has 17 rings (SSSR count). The van der Waals surface area contributed by atoms with Gasteiger partial charge in [-0.05, 0) is 149 Å². The molecule has 0 spiro atoms. The zero-order chi connectivity index (χ0) is 56.0. The molecule has 0 N–H and O–H groups in total. The Kier molecular flexibility index (Phi) is 11.3. The first-order valence-corrected chi connectivity index (χ1v) is 29.2. The van der Waals surface area contributed by atoms with Crippen LogP contribution in [-0.2, 0) is 0 Å². The fourth-order valence-corrected chi connectivity index (χ4v) is 14.0. The molecule has 13 aromatic rings. The minimum atomic E-state index is -0.284. The Morgan fingerprint density at radius 2 is 0.600 bits per heavy atom. The standard InChI is InChI=1S/C76H52B2N6O/c1-9-29-53(30-10-1)79(54-31-11-2-12-32-54)61-49-66-71-67(50-61)82(58-39-19-6-20-40-58)73-74-76(84(60-43-23-8-24-44-60)75(73)77(71)63-45-25-27-47-65(63)81(66)57-37-17-5-18-38-57)78-64-46-26-28-48-69(64)85-70-52-62(51-68(72(70)78)83(74)59-41-21-7-22-42-59)80(55-33-13-3-14-34-55)56-35-15-4-16-36-56/h1-52H. The molecule has 0 amide bonds. The molecule has 5 heterocycles. The van der Waals surface area contributed by atoms with Crippen molar-refractivity contribution in [2.24, 2.45) is 0 Å². The predicted molar refractivity (Wildman–Crippen MR) is 355 cm³/mol. The summed E-state index contributed by atoms with van der Waals surface area (Å²) in [6, 6.07) is 115. The van der Waals surface area contributed by atoms with Crippen LogP contribution in [0.5, 0.6) is 11.5 Å². The Bertz CT molecular complexity index is 4570. The van der Waals surface area contributed by atoms with Crippen molar-refractivity contribution in [2.75, 3.05) is 24.5 Å². The molecule has 0 bridgehead atoms. The average molecular weight is 1090 g/mol. The van der Waals surface area contributed by atoms with Gasteiger partial charge in [0.05, 0.1) is 22.7 Å². The van der Waals surface area contributed by atoms with E-state index in [9.17, 15) is 0 Å². The summed E-state index contributed by atoms with van der Waals surface area (Å²) in [5, 5.41) is 0. The predicted octanol–water partition coefficient (Wildman–Crippen LogP) is 15.9. The van der Waals surface area contributed by atoms with Crippen LogP contribution in [0.4, 0.5) is 85.3 Å². The van der Waals surface area contributed by atoms with Crippen molar-refractivity contribution in [2.45, 2.75) is 0 Å². The van der Waals surface area contributed by atoms with E-state index in [1.165, 1.54) is 16.5 Å². The molecule has 4 aliphatic heterocycles. The Balaban J connectivity index is 1.06. The molecule has 0 aliphatic carbocycles. The summed E-state index contributed by atoms with van der Waals surface area (Å²) in [7, 11) is 0. The lowest BCUT2D eigenvalue weighted by atomic mass is 9.34. The number of para-hydroxylation sites is 10. The molecule has 7 nitrogen and oxygen atoms in total. The number of anilines is 15. The van der Waals surface area contributed by atoms with Crippen LogP contribution in [0.3, 0.4) is 0 Å². The van der Waals surface area contributed by atoms with Gasteiger partial charge in [0.15, 0.2) is 0 Å². The van der Waals surface area contributed by atoms with Crippen LogP contribution in [0.1, 0.15) is 0 Å². The molecule has 85 heavy (non-hydrogen) atoms. The van der Waals surface area contributed by atoms with Crippen LogP contribution >= 0.6 is 0 Å². The Morgan fingerprint density at radius 1 is 0.259 bits per heavy atom. The highest BCUT2D eigenvalue weighted by Gasteiger charge is 2.54. The monoisotopic (exact) mass is 1090 g/mol. The summed E-state index contributed by atoms with van der Waals surface area (Å²) >= 11 is 0. The van der Waals surface area contributed by atoms with Crippen LogP contribution < -0.4 is 62.3 Å². The van der Waals surface area contributed by atoms with Gasteiger partial charge >= 0.3 is 0 Å². The van der Waals surface area contributed by atoms with Gasteiger partial charge < -0.3 is 33.8 Å². The molecular formula is C76H52B2N6O. The van der Waals surface area contributed by atoms with Gasteiger partial charge in [-0.2, -0.15) is 0 Å². The summed E-state index contributed by atoms with van der Waals surface area (Å²) in [4.78, 5) is 12.4. The number of nitrogens with zero attached hydrogens (tertiary/aromatic N) is 6. The number of fused-ring (bicyclic) bond motifs is 9. The van der Waals surface area contributed by atoms with Gasteiger partial charge in [0.1, 0.15) is 11.5 Å². The molecule has 0 atom stereocenters. The molecule has 0 radical (unpaired) electrons. The number of ether oxygens (including phenoxy) is 1. The zero-order valence-electron chi connectivity index (χ0n) is 46.3. The van der Waals surface area contributed by atoms with E-state index >= 15 is 0 Å². The molecule has 0 unspecified atom stereocenters. The van der Waals surface area contributed by atoms with Gasteiger partial charge in [0.2, 0.25) is 0 Å². The van der Waals surface area contributed by atoms with Crippen molar-refractivity contribution in [1.82, 2.24) is 4.57 Å². The maximum absolute atomic E-state index is 7.37. The molecule has 0 saturated carbocycles. The van der Waals surface area contributed by atoms with Crippen molar-refractivity contribution in [1.29, 1.82) is 0 Å². The Morgan fingerprint density at radius 3 is 1.07 bits per heavy atom. The minimum absolute atomic E-state index is 0.268. The third-order valence-electron chi connectivity index (χ3n) is 17.3. The maximum Gasteiger partial charge on any atom is 0.277 e. The first-order valence-electron chi connectivity index (χ1n) is 29.2. The molecule has 398 valence electrons. The lowest BCUT2D eigenvalue weighted by Crippen LogP contribution is -2.65. The van der Waals surface area contributed by atoms with Crippen molar-refractivity contribution >= 4 is 132 Å². The number of aromatic nitrogens is 1. The second kappa shape index (κ2) is 19.8. The van der Waals surface area contributed by atoms with E-state index in [-0.39, 0.29) is 13.4 Å². The quantitative estimate of drug-likeness (QED) is 0.127. The fraction of sp³-hybridized carbons (Fsp3) is 0. The van der Waals surface area contributed by atoms with E-state index < -0.39 is 0 Å². The molecule has 0 fully saturated rings. The van der Waals surface area contributed by atoms with Gasteiger partial charge in [-0.1, -0.05) is 182 Å². The normalized spacial score (nSPS) is 12.9. The number of rotatable bonds is 10. The van der Waals surface area contributed by atoms with E-state index in [4.69, 9.17) is 4.74 Å². The van der Waals surface area contributed by atoms with Gasteiger partial charge in [-0.15, -0.1) is 0 Å². The Labute approximate surface area is 495 Å². The number of hydrogen-bond acceptors (Lipinski definition) is 6.